The molecule has 0 rings (SSSR count). The number of amides is 1. The summed E-state index contributed by atoms with van der Waals surface area (Å²) in [7, 11) is 0. The predicted octanol–water partition coefficient (Wildman–Crippen LogP) is 2.14. The number of nitrogens with zero attached hydrogens (tertiary/aromatic N) is 1. The third kappa shape index (κ3) is 9.89. The minimum absolute atomic E-state index is 0.215. The van der Waals surface area contributed by atoms with Crippen LogP contribution in [0.2, 0.25) is 0 Å². The Bertz CT molecular complexity index is 342. The highest BCUT2D eigenvalue weighted by Crippen LogP contribution is 2.10. The van der Waals surface area contributed by atoms with Gasteiger partial charge in [0.1, 0.15) is 17.2 Å². The van der Waals surface area contributed by atoms with E-state index in [9.17, 15) is 9.59 Å². The molecule has 19 heavy (non-hydrogen) atoms. The number of esters is 1. The van der Waals surface area contributed by atoms with Gasteiger partial charge in [0.05, 0.1) is 12.5 Å². The molecule has 0 fully saturated rings. The quantitative estimate of drug-likeness (QED) is 0.794. The van der Waals surface area contributed by atoms with Crippen LogP contribution < -0.4 is 5.32 Å². The third-order valence-corrected chi connectivity index (χ3v) is 1.64. The second-order valence-electron chi connectivity index (χ2n) is 6.12. The van der Waals surface area contributed by atoms with Crippen molar-refractivity contribution >= 4 is 12.1 Å². The molecule has 0 aliphatic heterocycles. The molecular weight excluding hydrogens is 248 g/mol. The first-order valence-corrected chi connectivity index (χ1v) is 6.04. The van der Waals surface area contributed by atoms with Gasteiger partial charge in [0.2, 0.25) is 0 Å². The van der Waals surface area contributed by atoms with Crippen LogP contribution in [-0.4, -0.2) is 29.3 Å². The zero-order valence-electron chi connectivity index (χ0n) is 12.4. The lowest BCUT2D eigenvalue weighted by atomic mass is 10.2. The first-order valence-electron chi connectivity index (χ1n) is 6.04. The van der Waals surface area contributed by atoms with E-state index in [-0.39, 0.29) is 6.42 Å². The molecule has 0 unspecified atom stereocenters. The standard InChI is InChI=1S/C13H22N2O4/c1-12(2,3)18-10(16)7-9(8-14)15-11(17)19-13(4,5)6/h9H,7H2,1-6H3,(H,15,17)/t9-/m0/s1. The number of nitrogens with one attached hydrogen (secondary N) is 1. The lowest BCUT2D eigenvalue weighted by Crippen LogP contribution is -2.40. The fourth-order valence-corrected chi connectivity index (χ4v) is 1.13. The van der Waals surface area contributed by atoms with Crippen LogP contribution in [-0.2, 0) is 14.3 Å². The first kappa shape index (κ1) is 17.2. The molecule has 0 radical (unpaired) electrons. The summed E-state index contributed by atoms with van der Waals surface area (Å²) in [5.74, 6) is -0.546. The van der Waals surface area contributed by atoms with Crippen LogP contribution >= 0.6 is 0 Å². The minimum Gasteiger partial charge on any atom is -0.460 e. The van der Waals surface area contributed by atoms with Gasteiger partial charge in [0.15, 0.2) is 0 Å². The van der Waals surface area contributed by atoms with Crippen LogP contribution in [0, 0.1) is 11.3 Å². The summed E-state index contributed by atoms with van der Waals surface area (Å²) in [5.41, 5.74) is -1.28. The summed E-state index contributed by atoms with van der Waals surface area (Å²) >= 11 is 0. The monoisotopic (exact) mass is 270 g/mol. The van der Waals surface area contributed by atoms with Gasteiger partial charge in [0, 0.05) is 0 Å². The fourth-order valence-electron chi connectivity index (χ4n) is 1.13. The SMILES string of the molecule is CC(C)(C)OC(=O)C[C@@H](C#N)NC(=O)OC(C)(C)C. The van der Waals surface area contributed by atoms with Crippen molar-refractivity contribution in [3.63, 3.8) is 0 Å². The van der Waals surface area contributed by atoms with Crippen LogP contribution in [0.15, 0.2) is 0 Å². The molecular formula is C13H22N2O4. The number of hydrogen-bond acceptors (Lipinski definition) is 5. The van der Waals surface area contributed by atoms with Gasteiger partial charge >= 0.3 is 12.1 Å². The first-order chi connectivity index (χ1) is 8.43. The molecule has 6 nitrogen and oxygen atoms in total. The van der Waals surface area contributed by atoms with E-state index in [1.54, 1.807) is 41.5 Å². The van der Waals surface area contributed by atoms with Gasteiger partial charge in [-0.3, -0.25) is 4.79 Å². The summed E-state index contributed by atoms with van der Waals surface area (Å²) < 4.78 is 10.1. The second-order valence-corrected chi connectivity index (χ2v) is 6.12. The number of carbonyl (C=O) groups is 2. The van der Waals surface area contributed by atoms with Crippen molar-refractivity contribution in [3.8, 4) is 6.07 Å². The number of alkyl carbamates (subject to hydrolysis) is 1. The summed E-state index contributed by atoms with van der Waals surface area (Å²) in [6, 6.07) is 0.855. The Kier molecular flexibility index (Phi) is 5.81. The van der Waals surface area contributed by atoms with Crippen molar-refractivity contribution in [2.45, 2.75) is 65.2 Å². The molecule has 0 aromatic rings. The normalized spacial score (nSPS) is 13.1. The average molecular weight is 270 g/mol. The van der Waals surface area contributed by atoms with Crippen LogP contribution in [0.5, 0.6) is 0 Å². The zero-order chi connectivity index (χ0) is 15.3. The van der Waals surface area contributed by atoms with Crippen molar-refractivity contribution in [2.75, 3.05) is 0 Å². The van der Waals surface area contributed by atoms with Crippen molar-refractivity contribution < 1.29 is 19.1 Å². The largest absolute Gasteiger partial charge is 0.460 e. The molecule has 1 N–H and O–H groups in total. The minimum atomic E-state index is -0.968. The number of nitriles is 1. The Labute approximate surface area is 114 Å². The summed E-state index contributed by atoms with van der Waals surface area (Å²) in [5, 5.41) is 11.2. The summed E-state index contributed by atoms with van der Waals surface area (Å²) in [6.45, 7) is 10.3. The molecule has 108 valence electrons. The molecule has 0 saturated carbocycles. The molecule has 1 amide bonds. The van der Waals surface area contributed by atoms with Gasteiger partial charge in [-0.05, 0) is 41.5 Å². The topological polar surface area (TPSA) is 88.4 Å². The lowest BCUT2D eigenvalue weighted by Gasteiger charge is -2.22. The Hall–Kier alpha value is -1.77. The Balaban J connectivity index is 4.35. The maximum atomic E-state index is 11.5. The van der Waals surface area contributed by atoms with Crippen molar-refractivity contribution in [3.05, 3.63) is 0 Å². The molecule has 0 aromatic carbocycles. The van der Waals surface area contributed by atoms with Gasteiger partial charge in [-0.15, -0.1) is 0 Å². The van der Waals surface area contributed by atoms with Crippen LogP contribution in [0.4, 0.5) is 4.79 Å². The molecule has 1 atom stereocenters. The van der Waals surface area contributed by atoms with Crippen molar-refractivity contribution in [2.24, 2.45) is 0 Å². The van der Waals surface area contributed by atoms with E-state index in [4.69, 9.17) is 14.7 Å². The molecule has 0 aromatic heterocycles. The van der Waals surface area contributed by atoms with Crippen LogP contribution in [0.1, 0.15) is 48.0 Å². The second kappa shape index (κ2) is 6.41. The zero-order valence-corrected chi connectivity index (χ0v) is 12.4. The number of ether oxygens (including phenoxy) is 2. The summed E-state index contributed by atoms with van der Waals surface area (Å²) in [4.78, 5) is 23.0. The van der Waals surface area contributed by atoms with Gasteiger partial charge in [0.25, 0.3) is 0 Å². The molecule has 6 heteroatoms. The van der Waals surface area contributed by atoms with Crippen LogP contribution in [0.3, 0.4) is 0 Å². The maximum absolute atomic E-state index is 11.5. The number of rotatable bonds is 3. The molecule has 0 saturated heterocycles. The molecule has 0 bridgehead atoms. The Morgan fingerprint density at radius 3 is 1.95 bits per heavy atom. The fraction of sp³-hybridized carbons (Fsp3) is 0.769. The van der Waals surface area contributed by atoms with Gasteiger partial charge in [-0.1, -0.05) is 0 Å². The van der Waals surface area contributed by atoms with E-state index in [0.29, 0.717) is 0 Å². The van der Waals surface area contributed by atoms with E-state index in [0.717, 1.165) is 0 Å². The van der Waals surface area contributed by atoms with Gasteiger partial charge in [-0.25, -0.2) is 4.79 Å². The Morgan fingerprint density at radius 1 is 1.11 bits per heavy atom. The molecule has 0 heterocycles. The van der Waals surface area contributed by atoms with Gasteiger partial charge < -0.3 is 14.8 Å². The van der Waals surface area contributed by atoms with E-state index >= 15 is 0 Å². The highest BCUT2D eigenvalue weighted by molar-refractivity contribution is 5.74. The highest BCUT2D eigenvalue weighted by Gasteiger charge is 2.23. The van der Waals surface area contributed by atoms with E-state index in [1.807, 2.05) is 6.07 Å². The maximum Gasteiger partial charge on any atom is 0.408 e. The van der Waals surface area contributed by atoms with E-state index in [2.05, 4.69) is 5.32 Å². The van der Waals surface area contributed by atoms with Gasteiger partial charge in [-0.2, -0.15) is 5.26 Å². The lowest BCUT2D eigenvalue weighted by molar-refractivity contribution is -0.155. The number of carbonyl (C=O) groups excluding carboxylic acids is 2. The van der Waals surface area contributed by atoms with E-state index in [1.165, 1.54) is 0 Å². The third-order valence-electron chi connectivity index (χ3n) is 1.64. The molecule has 0 aliphatic carbocycles. The number of hydrogen-bond donors (Lipinski definition) is 1. The van der Waals surface area contributed by atoms with Crippen molar-refractivity contribution in [1.82, 2.24) is 5.32 Å². The molecule has 0 aliphatic rings. The molecule has 0 spiro atoms. The predicted molar refractivity (Wildman–Crippen MR) is 69.2 cm³/mol. The Morgan fingerprint density at radius 2 is 1.58 bits per heavy atom. The highest BCUT2D eigenvalue weighted by atomic mass is 16.6. The average Bonchev–Trinajstić information content (AvgIpc) is 2.10. The smallest absolute Gasteiger partial charge is 0.408 e. The van der Waals surface area contributed by atoms with Crippen molar-refractivity contribution in [1.29, 1.82) is 5.26 Å². The summed E-state index contributed by atoms with van der Waals surface area (Å²) in [6.07, 6.45) is -0.949. The van der Waals surface area contributed by atoms with Crippen LogP contribution in [0.25, 0.3) is 0 Å². The van der Waals surface area contributed by atoms with E-state index < -0.39 is 29.3 Å².